The lowest BCUT2D eigenvalue weighted by Crippen LogP contribution is -2.44. The summed E-state index contributed by atoms with van der Waals surface area (Å²) in [7, 11) is -3.01. The highest BCUT2D eigenvalue weighted by Gasteiger charge is 2.18. The molecule has 27 heavy (non-hydrogen) atoms. The smallest absolute Gasteiger partial charge is 0.194 e. The number of hydrogen-bond donors (Lipinski definition) is 1. The molecule has 0 aromatic heterocycles. The van der Waals surface area contributed by atoms with Gasteiger partial charge in [-0.2, -0.15) is 0 Å². The Hall–Kier alpha value is -2.34. The van der Waals surface area contributed by atoms with Gasteiger partial charge < -0.3 is 10.2 Å². The number of nitrogens with one attached hydrogen (secondary N) is 1. The third-order valence-corrected chi connectivity index (χ3v) is 5.49. The van der Waals surface area contributed by atoms with Crippen molar-refractivity contribution >= 4 is 15.8 Å². The molecule has 0 amide bonds. The van der Waals surface area contributed by atoms with E-state index in [9.17, 15) is 8.42 Å². The van der Waals surface area contributed by atoms with Gasteiger partial charge in [-0.1, -0.05) is 48.5 Å². The van der Waals surface area contributed by atoms with Crippen LogP contribution in [0.15, 0.2) is 53.5 Å². The Bertz CT molecular complexity index is 905. The Morgan fingerprint density at radius 1 is 1.07 bits per heavy atom. The molecule has 0 spiro atoms. The Kier molecular flexibility index (Phi) is 6.16. The van der Waals surface area contributed by atoms with E-state index >= 15 is 0 Å². The highest BCUT2D eigenvalue weighted by atomic mass is 32.2. The first-order valence-electron chi connectivity index (χ1n) is 9.30. The fourth-order valence-corrected chi connectivity index (χ4v) is 4.11. The van der Waals surface area contributed by atoms with Crippen LogP contribution in [-0.4, -0.2) is 38.6 Å². The molecule has 0 fully saturated rings. The standard InChI is InChI=1S/C21H27N3O2S/c1-3-22-21(24-13-12-19-6-4-5-7-20(19)15-24)23-14-17-8-10-18(11-9-17)16-27(2,25)26/h4-11H,3,12-16H2,1-2H3,(H,22,23). The first kappa shape index (κ1) is 19.4. The molecule has 0 bridgehead atoms. The van der Waals surface area contributed by atoms with E-state index in [0.717, 1.165) is 43.1 Å². The maximum absolute atomic E-state index is 11.4. The molecule has 2 aromatic rings. The summed E-state index contributed by atoms with van der Waals surface area (Å²) >= 11 is 0. The fraction of sp³-hybridized carbons (Fsp3) is 0.381. The van der Waals surface area contributed by atoms with Crippen LogP contribution >= 0.6 is 0 Å². The third-order valence-electron chi connectivity index (χ3n) is 4.63. The summed E-state index contributed by atoms with van der Waals surface area (Å²) in [4.78, 5) is 7.09. The second-order valence-electron chi connectivity index (χ2n) is 7.00. The van der Waals surface area contributed by atoms with Crippen molar-refractivity contribution in [1.29, 1.82) is 0 Å². The van der Waals surface area contributed by atoms with Gasteiger partial charge in [-0.05, 0) is 35.6 Å². The Morgan fingerprint density at radius 3 is 2.41 bits per heavy atom. The van der Waals surface area contributed by atoms with Crippen molar-refractivity contribution in [3.63, 3.8) is 0 Å². The maximum Gasteiger partial charge on any atom is 0.194 e. The molecule has 3 rings (SSSR count). The van der Waals surface area contributed by atoms with Gasteiger partial charge in [0, 0.05) is 25.9 Å². The second kappa shape index (κ2) is 8.57. The van der Waals surface area contributed by atoms with E-state index in [1.807, 2.05) is 24.3 Å². The van der Waals surface area contributed by atoms with Crippen LogP contribution in [0.2, 0.25) is 0 Å². The summed E-state index contributed by atoms with van der Waals surface area (Å²) in [5, 5.41) is 3.39. The number of sulfone groups is 1. The zero-order chi connectivity index (χ0) is 19.3. The summed E-state index contributed by atoms with van der Waals surface area (Å²) in [5.74, 6) is 0.999. The molecule has 0 radical (unpaired) electrons. The number of rotatable bonds is 5. The largest absolute Gasteiger partial charge is 0.356 e. The van der Waals surface area contributed by atoms with Gasteiger partial charge in [0.25, 0.3) is 0 Å². The van der Waals surface area contributed by atoms with E-state index in [0.29, 0.717) is 6.54 Å². The summed E-state index contributed by atoms with van der Waals surface area (Å²) in [5.41, 5.74) is 4.66. The number of aliphatic imine (C=N–C) groups is 1. The van der Waals surface area contributed by atoms with Gasteiger partial charge in [0.15, 0.2) is 15.8 Å². The number of nitrogens with zero attached hydrogens (tertiary/aromatic N) is 2. The second-order valence-corrected chi connectivity index (χ2v) is 9.14. The van der Waals surface area contributed by atoms with Crippen LogP contribution in [0, 0.1) is 0 Å². The summed E-state index contributed by atoms with van der Waals surface area (Å²) in [6, 6.07) is 16.2. The number of hydrogen-bond acceptors (Lipinski definition) is 3. The minimum Gasteiger partial charge on any atom is -0.356 e. The van der Waals surface area contributed by atoms with Gasteiger partial charge in [0.05, 0.1) is 12.3 Å². The monoisotopic (exact) mass is 385 g/mol. The lowest BCUT2D eigenvalue weighted by Gasteiger charge is -2.31. The minimum absolute atomic E-state index is 0.0758. The average molecular weight is 386 g/mol. The van der Waals surface area contributed by atoms with E-state index in [4.69, 9.17) is 4.99 Å². The van der Waals surface area contributed by atoms with E-state index in [-0.39, 0.29) is 5.75 Å². The van der Waals surface area contributed by atoms with Crippen molar-refractivity contribution in [3.8, 4) is 0 Å². The lowest BCUT2D eigenvalue weighted by atomic mass is 10.0. The van der Waals surface area contributed by atoms with Crippen molar-refractivity contribution in [1.82, 2.24) is 10.2 Å². The van der Waals surface area contributed by atoms with Gasteiger partial charge in [0.2, 0.25) is 0 Å². The normalized spacial score (nSPS) is 14.7. The van der Waals surface area contributed by atoms with Crippen molar-refractivity contribution in [2.24, 2.45) is 4.99 Å². The molecule has 0 atom stereocenters. The van der Waals surface area contributed by atoms with E-state index in [2.05, 4.69) is 41.4 Å². The predicted molar refractivity (Wildman–Crippen MR) is 110 cm³/mol. The zero-order valence-electron chi connectivity index (χ0n) is 16.0. The molecule has 1 aliphatic heterocycles. The molecule has 1 aliphatic rings. The summed E-state index contributed by atoms with van der Waals surface area (Å²) in [6.45, 7) is 5.29. The third kappa shape index (κ3) is 5.57. The Labute approximate surface area is 162 Å². The van der Waals surface area contributed by atoms with Crippen LogP contribution in [0.25, 0.3) is 0 Å². The SMILES string of the molecule is CCNC(=NCc1ccc(CS(C)(=O)=O)cc1)N1CCc2ccccc2C1. The van der Waals surface area contributed by atoms with Crippen LogP contribution in [0.4, 0.5) is 0 Å². The summed E-state index contributed by atoms with van der Waals surface area (Å²) in [6.07, 6.45) is 2.28. The molecular weight excluding hydrogens is 358 g/mol. The first-order valence-corrected chi connectivity index (χ1v) is 11.4. The molecule has 0 unspecified atom stereocenters. The van der Waals surface area contributed by atoms with Crippen molar-refractivity contribution < 1.29 is 8.42 Å². The Morgan fingerprint density at radius 2 is 1.74 bits per heavy atom. The molecule has 5 nitrogen and oxygen atoms in total. The van der Waals surface area contributed by atoms with Crippen molar-refractivity contribution in [2.45, 2.75) is 32.2 Å². The van der Waals surface area contributed by atoms with Gasteiger partial charge in [-0.15, -0.1) is 0 Å². The highest BCUT2D eigenvalue weighted by molar-refractivity contribution is 7.89. The van der Waals surface area contributed by atoms with Gasteiger partial charge in [0.1, 0.15) is 0 Å². The van der Waals surface area contributed by atoms with Crippen LogP contribution in [-0.2, 0) is 35.1 Å². The molecule has 0 aliphatic carbocycles. The number of guanidine groups is 1. The van der Waals surface area contributed by atoms with Gasteiger partial charge >= 0.3 is 0 Å². The minimum atomic E-state index is -3.01. The first-order chi connectivity index (χ1) is 12.9. The van der Waals surface area contributed by atoms with Crippen molar-refractivity contribution in [2.75, 3.05) is 19.3 Å². The van der Waals surface area contributed by atoms with Gasteiger partial charge in [-0.3, -0.25) is 0 Å². The highest BCUT2D eigenvalue weighted by Crippen LogP contribution is 2.18. The van der Waals surface area contributed by atoms with Crippen molar-refractivity contribution in [3.05, 3.63) is 70.8 Å². The van der Waals surface area contributed by atoms with Gasteiger partial charge in [-0.25, -0.2) is 13.4 Å². The van der Waals surface area contributed by atoms with E-state index in [1.54, 1.807) is 0 Å². The molecule has 144 valence electrons. The fourth-order valence-electron chi connectivity index (χ4n) is 3.31. The predicted octanol–water partition coefficient (Wildman–Crippen LogP) is 2.76. The quantitative estimate of drug-likeness (QED) is 0.635. The molecule has 6 heteroatoms. The van der Waals surface area contributed by atoms with E-state index < -0.39 is 9.84 Å². The average Bonchev–Trinajstić information content (AvgIpc) is 2.65. The van der Waals surface area contributed by atoms with E-state index in [1.165, 1.54) is 17.4 Å². The maximum atomic E-state index is 11.4. The molecular formula is C21H27N3O2S. The molecule has 0 saturated heterocycles. The molecule has 1 N–H and O–H groups in total. The van der Waals surface area contributed by atoms with Crippen LogP contribution in [0.5, 0.6) is 0 Å². The summed E-state index contributed by atoms with van der Waals surface area (Å²) < 4.78 is 22.8. The number of benzene rings is 2. The zero-order valence-corrected chi connectivity index (χ0v) is 16.8. The Balaban J connectivity index is 1.69. The molecule has 2 aromatic carbocycles. The molecule has 1 heterocycles. The molecule has 0 saturated carbocycles. The van der Waals surface area contributed by atoms with Crippen LogP contribution in [0.3, 0.4) is 0 Å². The van der Waals surface area contributed by atoms with Crippen LogP contribution < -0.4 is 5.32 Å². The van der Waals surface area contributed by atoms with Crippen LogP contribution in [0.1, 0.15) is 29.2 Å². The topological polar surface area (TPSA) is 61.8 Å². The lowest BCUT2D eigenvalue weighted by molar-refractivity contribution is 0.378. The number of fused-ring (bicyclic) bond motifs is 1.